The molecule has 0 radical (unpaired) electrons. The largest absolute Gasteiger partial charge is 0.350 e. The van der Waals surface area contributed by atoms with Crippen LogP contribution >= 0.6 is 0 Å². The molecule has 0 saturated heterocycles. The summed E-state index contributed by atoms with van der Waals surface area (Å²) in [5.74, 6) is -1.32. The third-order valence-corrected chi connectivity index (χ3v) is 5.41. The van der Waals surface area contributed by atoms with E-state index in [1.807, 2.05) is 12.1 Å². The molecule has 0 saturated carbocycles. The van der Waals surface area contributed by atoms with Crippen LogP contribution in [0.4, 0.5) is 0 Å². The van der Waals surface area contributed by atoms with Crippen molar-refractivity contribution in [3.05, 3.63) is 70.3 Å². The molecular weight excluding hydrogens is 406 g/mol. The summed E-state index contributed by atoms with van der Waals surface area (Å²) in [6.45, 7) is 10.4. The lowest BCUT2D eigenvalue weighted by Gasteiger charge is -2.19. The maximum absolute atomic E-state index is 12.5. The highest BCUT2D eigenvalue weighted by Gasteiger charge is 2.37. The Hall–Kier alpha value is -3.48. The van der Waals surface area contributed by atoms with E-state index in [0.29, 0.717) is 16.7 Å². The molecule has 7 heteroatoms. The highest BCUT2D eigenvalue weighted by Crippen LogP contribution is 2.26. The van der Waals surface area contributed by atoms with Crippen molar-refractivity contribution in [2.75, 3.05) is 13.1 Å². The zero-order chi connectivity index (χ0) is 23.6. The Bertz CT molecular complexity index is 1070. The van der Waals surface area contributed by atoms with Crippen LogP contribution in [-0.2, 0) is 5.41 Å². The predicted molar refractivity (Wildman–Crippen MR) is 122 cm³/mol. The Balaban J connectivity index is 1.53. The normalized spacial score (nSPS) is 13.4. The van der Waals surface area contributed by atoms with Crippen LogP contribution in [-0.4, -0.2) is 47.7 Å². The lowest BCUT2D eigenvalue weighted by molar-refractivity contribution is 0.0608. The number of fused-ring (bicyclic) bond motifs is 1. The van der Waals surface area contributed by atoms with Crippen LogP contribution in [0.5, 0.6) is 0 Å². The minimum Gasteiger partial charge on any atom is -0.350 e. The highest BCUT2D eigenvalue weighted by atomic mass is 16.2. The fourth-order valence-electron chi connectivity index (χ4n) is 3.55. The smallest absolute Gasteiger partial charge is 0.261 e. The lowest BCUT2D eigenvalue weighted by Crippen LogP contribution is -2.36. The number of amides is 4. The Labute approximate surface area is 188 Å². The second kappa shape index (κ2) is 8.94. The fraction of sp³-hybridized carbons (Fsp3) is 0.360. The summed E-state index contributed by atoms with van der Waals surface area (Å²) in [6, 6.07) is 11.7. The van der Waals surface area contributed by atoms with Crippen LogP contribution in [0.25, 0.3) is 0 Å². The molecule has 1 aliphatic rings. The van der Waals surface area contributed by atoms with Crippen LogP contribution in [0.3, 0.4) is 0 Å². The van der Waals surface area contributed by atoms with Gasteiger partial charge in [-0.3, -0.25) is 24.1 Å². The standard InChI is InChI=1S/C25H29N3O4/c1-15(2)28-23(31)19-11-8-17(14-20(19)24(28)32)22(30)27-13-12-26-21(29)16-6-9-18(10-7-16)25(3,4)5/h6-11,14-15H,12-13H2,1-5H3,(H,26,29)(H,27,30). The summed E-state index contributed by atoms with van der Waals surface area (Å²) in [5.41, 5.74) is 2.56. The number of hydrogen-bond acceptors (Lipinski definition) is 4. The molecule has 2 aromatic carbocycles. The Kier molecular flexibility index (Phi) is 6.48. The topological polar surface area (TPSA) is 95.6 Å². The number of imide groups is 1. The molecule has 1 heterocycles. The molecular formula is C25H29N3O4. The summed E-state index contributed by atoms with van der Waals surface area (Å²) in [6.07, 6.45) is 0. The summed E-state index contributed by atoms with van der Waals surface area (Å²) in [4.78, 5) is 50.8. The number of rotatable bonds is 6. The van der Waals surface area contributed by atoms with E-state index in [0.717, 1.165) is 5.56 Å². The van der Waals surface area contributed by atoms with Crippen molar-refractivity contribution in [1.29, 1.82) is 0 Å². The number of carbonyl (C=O) groups is 4. The quantitative estimate of drug-likeness (QED) is 0.538. The Morgan fingerprint density at radius 3 is 1.84 bits per heavy atom. The molecule has 32 heavy (non-hydrogen) atoms. The summed E-state index contributed by atoms with van der Waals surface area (Å²) in [5, 5.41) is 5.50. The Morgan fingerprint density at radius 2 is 1.31 bits per heavy atom. The highest BCUT2D eigenvalue weighted by molar-refractivity contribution is 6.22. The number of hydrogen-bond donors (Lipinski definition) is 2. The summed E-state index contributed by atoms with van der Waals surface area (Å²) >= 11 is 0. The predicted octanol–water partition coefficient (Wildman–Crippen LogP) is 3.15. The van der Waals surface area contributed by atoms with Gasteiger partial charge in [0.2, 0.25) is 0 Å². The molecule has 0 atom stereocenters. The monoisotopic (exact) mass is 435 g/mol. The SMILES string of the molecule is CC(C)N1C(=O)c2ccc(C(=O)NCCNC(=O)c3ccc(C(C)(C)C)cc3)cc2C1=O. The molecule has 0 unspecified atom stereocenters. The van der Waals surface area contributed by atoms with Gasteiger partial charge in [0, 0.05) is 30.3 Å². The van der Waals surface area contributed by atoms with Gasteiger partial charge in [-0.1, -0.05) is 32.9 Å². The van der Waals surface area contributed by atoms with Crippen molar-refractivity contribution in [1.82, 2.24) is 15.5 Å². The van der Waals surface area contributed by atoms with Gasteiger partial charge in [-0.25, -0.2) is 0 Å². The number of benzene rings is 2. The van der Waals surface area contributed by atoms with Gasteiger partial charge in [0.15, 0.2) is 0 Å². The van der Waals surface area contributed by atoms with E-state index >= 15 is 0 Å². The lowest BCUT2D eigenvalue weighted by atomic mass is 9.87. The molecule has 0 bridgehead atoms. The van der Waals surface area contributed by atoms with E-state index < -0.39 is 0 Å². The van der Waals surface area contributed by atoms with E-state index in [1.54, 1.807) is 26.0 Å². The second-order valence-electron chi connectivity index (χ2n) is 9.17. The second-order valence-corrected chi connectivity index (χ2v) is 9.17. The first-order chi connectivity index (χ1) is 15.0. The molecule has 2 N–H and O–H groups in total. The van der Waals surface area contributed by atoms with Crippen LogP contribution < -0.4 is 10.6 Å². The van der Waals surface area contributed by atoms with Crippen LogP contribution in [0.2, 0.25) is 0 Å². The van der Waals surface area contributed by atoms with Gasteiger partial charge in [0.25, 0.3) is 23.6 Å². The van der Waals surface area contributed by atoms with Crippen molar-refractivity contribution >= 4 is 23.6 Å². The van der Waals surface area contributed by atoms with Gasteiger partial charge in [-0.05, 0) is 55.2 Å². The maximum Gasteiger partial charge on any atom is 0.261 e. The zero-order valence-corrected chi connectivity index (χ0v) is 19.1. The first-order valence-electron chi connectivity index (χ1n) is 10.7. The van der Waals surface area contributed by atoms with Crippen molar-refractivity contribution in [2.24, 2.45) is 0 Å². The van der Waals surface area contributed by atoms with Crippen LogP contribution in [0, 0.1) is 0 Å². The summed E-state index contributed by atoms with van der Waals surface area (Å²) in [7, 11) is 0. The molecule has 0 aliphatic carbocycles. The van der Waals surface area contributed by atoms with Gasteiger partial charge in [-0.2, -0.15) is 0 Å². The average Bonchev–Trinajstić information content (AvgIpc) is 3.00. The van der Waals surface area contributed by atoms with Gasteiger partial charge < -0.3 is 10.6 Å². The minimum absolute atomic E-state index is 0.0157. The Morgan fingerprint density at radius 1 is 0.812 bits per heavy atom. The molecule has 0 aromatic heterocycles. The van der Waals surface area contributed by atoms with E-state index in [4.69, 9.17) is 0 Å². The van der Waals surface area contributed by atoms with Gasteiger partial charge >= 0.3 is 0 Å². The molecule has 168 valence electrons. The van der Waals surface area contributed by atoms with Crippen molar-refractivity contribution in [3.8, 4) is 0 Å². The molecule has 4 amide bonds. The van der Waals surface area contributed by atoms with Gasteiger partial charge in [0.1, 0.15) is 0 Å². The van der Waals surface area contributed by atoms with Crippen molar-refractivity contribution in [3.63, 3.8) is 0 Å². The number of carbonyl (C=O) groups excluding carboxylic acids is 4. The van der Waals surface area contributed by atoms with Crippen LogP contribution in [0.1, 0.15) is 81.6 Å². The third kappa shape index (κ3) is 4.72. The van der Waals surface area contributed by atoms with E-state index in [-0.39, 0.29) is 53.7 Å². The summed E-state index contributed by atoms with van der Waals surface area (Å²) < 4.78 is 0. The molecule has 7 nitrogen and oxygen atoms in total. The maximum atomic E-state index is 12.5. The van der Waals surface area contributed by atoms with Crippen molar-refractivity contribution in [2.45, 2.75) is 46.1 Å². The van der Waals surface area contributed by atoms with Crippen LogP contribution in [0.15, 0.2) is 42.5 Å². The first-order valence-corrected chi connectivity index (χ1v) is 10.7. The molecule has 0 fully saturated rings. The van der Waals surface area contributed by atoms with Gasteiger partial charge in [-0.15, -0.1) is 0 Å². The molecule has 1 aliphatic heterocycles. The number of nitrogens with zero attached hydrogens (tertiary/aromatic N) is 1. The minimum atomic E-state index is -0.389. The van der Waals surface area contributed by atoms with E-state index in [1.165, 1.54) is 23.1 Å². The van der Waals surface area contributed by atoms with E-state index in [9.17, 15) is 19.2 Å². The fourth-order valence-corrected chi connectivity index (χ4v) is 3.55. The molecule has 2 aromatic rings. The molecule has 3 rings (SSSR count). The zero-order valence-electron chi connectivity index (χ0n) is 19.1. The average molecular weight is 436 g/mol. The van der Waals surface area contributed by atoms with Gasteiger partial charge in [0.05, 0.1) is 11.1 Å². The number of nitrogens with one attached hydrogen (secondary N) is 2. The van der Waals surface area contributed by atoms with E-state index in [2.05, 4.69) is 31.4 Å². The molecule has 0 spiro atoms. The first kappa shape index (κ1) is 23.2. The third-order valence-electron chi connectivity index (χ3n) is 5.41. The van der Waals surface area contributed by atoms with Crippen molar-refractivity contribution < 1.29 is 19.2 Å².